The number of nitrogens with one attached hydrogen (secondary N) is 1. The molecule has 166 valence electrons. The van der Waals surface area contributed by atoms with Gasteiger partial charge in [-0.15, -0.1) is 0 Å². The van der Waals surface area contributed by atoms with Crippen molar-refractivity contribution in [2.45, 2.75) is 103 Å². The van der Waals surface area contributed by atoms with Gasteiger partial charge in [-0.05, 0) is 32.1 Å². The van der Waals surface area contributed by atoms with Crippen LogP contribution in [0.4, 0.5) is 0 Å². The predicted octanol–water partition coefficient (Wildman–Crippen LogP) is 4.73. The molecule has 0 aromatic carbocycles. The second kappa shape index (κ2) is 20.9. The van der Waals surface area contributed by atoms with Crippen molar-refractivity contribution in [1.29, 1.82) is 0 Å². The van der Waals surface area contributed by atoms with Crippen molar-refractivity contribution >= 4 is 5.97 Å². The summed E-state index contributed by atoms with van der Waals surface area (Å²) in [6.07, 6.45) is 20.9. The van der Waals surface area contributed by atoms with Crippen molar-refractivity contribution in [1.82, 2.24) is 0 Å². The first-order valence-electron chi connectivity index (χ1n) is 11.7. The number of carbonyl (C=O) groups is 1. The molecule has 0 rings (SSSR count). The Bertz CT molecular complexity index is 369. The van der Waals surface area contributed by atoms with Crippen LogP contribution in [0.2, 0.25) is 0 Å². The van der Waals surface area contributed by atoms with Gasteiger partial charge in [-0.3, -0.25) is 4.79 Å². The van der Waals surface area contributed by atoms with E-state index in [9.17, 15) is 4.79 Å². The minimum atomic E-state index is -0.0286. The third kappa shape index (κ3) is 19.9. The molecular weight excluding hydrogens is 350 g/mol. The highest BCUT2D eigenvalue weighted by Gasteiger charge is 2.05. The molecule has 0 aliphatic heterocycles. The van der Waals surface area contributed by atoms with Crippen LogP contribution in [0.3, 0.4) is 0 Å². The van der Waals surface area contributed by atoms with Crippen molar-refractivity contribution in [2.24, 2.45) is 0 Å². The number of carbonyl (C=O) groups excluding carboxylic acids is 1. The molecule has 0 bridgehead atoms. The monoisotopic (exact) mass is 398 g/mol. The third-order valence-corrected chi connectivity index (χ3v) is 5.11. The Morgan fingerprint density at radius 2 is 1.64 bits per heavy atom. The van der Waals surface area contributed by atoms with Gasteiger partial charge >= 0.3 is 5.97 Å². The molecular formula is C24H48NO3+. The van der Waals surface area contributed by atoms with Crippen LogP contribution < -0.4 is 4.90 Å². The first-order chi connectivity index (χ1) is 13.6. The number of hydrogen-bond donors (Lipinski definition) is 1. The van der Waals surface area contributed by atoms with E-state index in [1.54, 1.807) is 0 Å². The highest BCUT2D eigenvalue weighted by molar-refractivity contribution is 5.69. The number of methoxy groups -OCH3 is 1. The molecule has 0 aliphatic carbocycles. The molecule has 0 fully saturated rings. The van der Waals surface area contributed by atoms with Crippen molar-refractivity contribution in [3.63, 3.8) is 0 Å². The molecule has 4 heteroatoms. The zero-order valence-electron chi connectivity index (χ0n) is 19.3. The van der Waals surface area contributed by atoms with Gasteiger partial charge in [0.2, 0.25) is 0 Å². The molecule has 1 atom stereocenters. The maximum absolute atomic E-state index is 11.6. The van der Waals surface area contributed by atoms with E-state index in [1.165, 1.54) is 56.3 Å². The van der Waals surface area contributed by atoms with Gasteiger partial charge in [-0.2, -0.15) is 0 Å². The fourth-order valence-electron chi connectivity index (χ4n) is 3.24. The van der Waals surface area contributed by atoms with Crippen LogP contribution >= 0.6 is 0 Å². The van der Waals surface area contributed by atoms with Crippen LogP contribution in [0.5, 0.6) is 0 Å². The molecule has 0 amide bonds. The summed E-state index contributed by atoms with van der Waals surface area (Å²) in [7, 11) is 6.06. The normalized spacial score (nSPS) is 12.8. The first-order valence-corrected chi connectivity index (χ1v) is 11.7. The maximum Gasteiger partial charge on any atom is 0.305 e. The summed E-state index contributed by atoms with van der Waals surface area (Å²) in [6.45, 7) is 3.87. The average molecular weight is 399 g/mol. The van der Waals surface area contributed by atoms with E-state index in [-0.39, 0.29) is 5.97 Å². The third-order valence-electron chi connectivity index (χ3n) is 5.11. The largest absolute Gasteiger partial charge is 0.465 e. The standard InChI is InChI=1S/C24H47NO3/c1-5-6-7-14-18-23(27-4)19-15-12-10-8-9-11-13-16-20-24(26)28-22-17-21-25(2)3/h12,15,23H,5-11,13-14,16-22H2,1-4H3/p+1/b15-12+. The van der Waals surface area contributed by atoms with E-state index >= 15 is 0 Å². The lowest BCUT2D eigenvalue weighted by Gasteiger charge is -2.12. The van der Waals surface area contributed by atoms with Crippen LogP contribution in [0.1, 0.15) is 96.8 Å². The molecule has 1 N–H and O–H groups in total. The van der Waals surface area contributed by atoms with Crippen molar-refractivity contribution in [3.8, 4) is 0 Å². The van der Waals surface area contributed by atoms with Gasteiger partial charge in [0.05, 0.1) is 33.4 Å². The van der Waals surface area contributed by atoms with Crippen molar-refractivity contribution in [3.05, 3.63) is 12.2 Å². The van der Waals surface area contributed by atoms with Gasteiger partial charge in [0.1, 0.15) is 0 Å². The van der Waals surface area contributed by atoms with Gasteiger partial charge in [-0.25, -0.2) is 0 Å². The quantitative estimate of drug-likeness (QED) is 0.183. The summed E-state index contributed by atoms with van der Waals surface area (Å²) in [6, 6.07) is 0. The van der Waals surface area contributed by atoms with Gasteiger partial charge in [0.15, 0.2) is 0 Å². The summed E-state index contributed by atoms with van der Waals surface area (Å²) in [4.78, 5) is 13.0. The highest BCUT2D eigenvalue weighted by atomic mass is 16.5. The second-order valence-corrected chi connectivity index (χ2v) is 8.25. The zero-order chi connectivity index (χ0) is 20.9. The molecule has 0 heterocycles. The van der Waals surface area contributed by atoms with E-state index in [1.807, 2.05) is 7.11 Å². The first kappa shape index (κ1) is 27.1. The zero-order valence-corrected chi connectivity index (χ0v) is 19.3. The molecule has 1 unspecified atom stereocenters. The van der Waals surface area contributed by atoms with Gasteiger partial charge in [0, 0.05) is 20.0 Å². The van der Waals surface area contributed by atoms with Gasteiger partial charge in [0.25, 0.3) is 0 Å². The maximum atomic E-state index is 11.6. The number of quaternary nitrogens is 1. The highest BCUT2D eigenvalue weighted by Crippen LogP contribution is 2.12. The fraction of sp³-hybridized carbons (Fsp3) is 0.875. The second-order valence-electron chi connectivity index (χ2n) is 8.25. The predicted molar refractivity (Wildman–Crippen MR) is 119 cm³/mol. The summed E-state index contributed by atoms with van der Waals surface area (Å²) >= 11 is 0. The minimum Gasteiger partial charge on any atom is -0.465 e. The van der Waals surface area contributed by atoms with E-state index in [4.69, 9.17) is 9.47 Å². The summed E-state index contributed by atoms with van der Waals surface area (Å²) < 4.78 is 10.8. The van der Waals surface area contributed by atoms with E-state index in [0.29, 0.717) is 19.1 Å². The van der Waals surface area contributed by atoms with Crippen LogP contribution in [0, 0.1) is 0 Å². The van der Waals surface area contributed by atoms with Crippen LogP contribution in [-0.2, 0) is 14.3 Å². The van der Waals surface area contributed by atoms with Crippen LogP contribution in [0.15, 0.2) is 12.2 Å². The number of rotatable bonds is 20. The molecule has 0 saturated heterocycles. The van der Waals surface area contributed by atoms with E-state index in [0.717, 1.165) is 38.6 Å². The van der Waals surface area contributed by atoms with E-state index in [2.05, 4.69) is 33.2 Å². The lowest BCUT2D eigenvalue weighted by molar-refractivity contribution is -0.858. The van der Waals surface area contributed by atoms with Crippen LogP contribution in [0.25, 0.3) is 0 Å². The number of esters is 1. The summed E-state index contributed by atoms with van der Waals surface area (Å²) in [5.74, 6) is -0.0286. The number of unbranched alkanes of at least 4 members (excludes halogenated alkanes) is 8. The molecule has 28 heavy (non-hydrogen) atoms. The Balaban J connectivity index is 3.43. The average Bonchev–Trinajstić information content (AvgIpc) is 2.68. The lowest BCUT2D eigenvalue weighted by atomic mass is 10.1. The molecule has 4 nitrogen and oxygen atoms in total. The van der Waals surface area contributed by atoms with Gasteiger partial charge < -0.3 is 14.4 Å². The van der Waals surface area contributed by atoms with Crippen molar-refractivity contribution in [2.75, 3.05) is 34.4 Å². The Morgan fingerprint density at radius 3 is 2.36 bits per heavy atom. The Hall–Kier alpha value is -0.870. The number of allylic oxidation sites excluding steroid dienone is 1. The minimum absolute atomic E-state index is 0.0286. The SMILES string of the molecule is CCCCCCC(C/C=C/CCCCCCCC(=O)OCCC[NH+](C)C)OC. The molecule has 0 saturated carbocycles. The van der Waals surface area contributed by atoms with Crippen LogP contribution in [-0.4, -0.2) is 46.4 Å². The number of hydrogen-bond acceptors (Lipinski definition) is 3. The molecule has 0 aromatic heterocycles. The topological polar surface area (TPSA) is 40.0 Å². The molecule has 0 radical (unpaired) electrons. The summed E-state index contributed by atoms with van der Waals surface area (Å²) in [5, 5.41) is 0. The lowest BCUT2D eigenvalue weighted by Crippen LogP contribution is -3.05. The summed E-state index contributed by atoms with van der Waals surface area (Å²) in [5.41, 5.74) is 0. The Morgan fingerprint density at radius 1 is 0.929 bits per heavy atom. The van der Waals surface area contributed by atoms with E-state index < -0.39 is 0 Å². The number of ether oxygens (including phenoxy) is 2. The van der Waals surface area contributed by atoms with Gasteiger partial charge in [-0.1, -0.05) is 64.0 Å². The molecule has 0 spiro atoms. The molecule has 0 aromatic rings. The smallest absolute Gasteiger partial charge is 0.305 e. The fourth-order valence-corrected chi connectivity index (χ4v) is 3.24. The molecule has 0 aliphatic rings. The Labute approximate surface area is 175 Å². The van der Waals surface area contributed by atoms with Crippen molar-refractivity contribution < 1.29 is 19.2 Å². The Kier molecular flexibility index (Phi) is 20.2.